The number of carbonyl (C=O) groups is 1. The number of ether oxygens (including phenoxy) is 4. The van der Waals surface area contributed by atoms with Crippen LogP contribution in [0.1, 0.15) is 5.56 Å². The van der Waals surface area contributed by atoms with E-state index >= 15 is 0 Å². The normalized spacial score (nSPS) is 10.1. The topological polar surface area (TPSA) is 74.2 Å². The van der Waals surface area contributed by atoms with Gasteiger partial charge in [-0.25, -0.2) is 4.79 Å². The summed E-state index contributed by atoms with van der Waals surface area (Å²) in [4.78, 5) is 10.3. The maximum Gasteiger partial charge on any atom is 0.329 e. The molecule has 6 nitrogen and oxygen atoms in total. The van der Waals surface area contributed by atoms with E-state index in [9.17, 15) is 4.79 Å². The molecule has 0 aliphatic rings. The first-order valence-electron chi connectivity index (χ1n) is 5.70. The van der Waals surface area contributed by atoms with Crippen molar-refractivity contribution in [1.29, 1.82) is 0 Å². The third kappa shape index (κ3) is 4.33. The van der Waals surface area contributed by atoms with Crippen LogP contribution in [0.2, 0.25) is 0 Å². The Hall–Kier alpha value is -1.95. The molecule has 0 saturated carbocycles. The van der Waals surface area contributed by atoms with Gasteiger partial charge in [0.05, 0.1) is 27.9 Å². The standard InChI is InChI=1S/C13H18O6/c1-16-9-6-11(17-2)10(12(7-9)18-3)4-5-19-8-13(14)15/h6-7H,4-5,8H2,1-3H3,(H,14,15). The molecule has 0 fully saturated rings. The molecule has 0 bridgehead atoms. The molecular formula is C13H18O6. The zero-order valence-corrected chi connectivity index (χ0v) is 11.3. The van der Waals surface area contributed by atoms with Crippen molar-refractivity contribution in [3.63, 3.8) is 0 Å². The van der Waals surface area contributed by atoms with E-state index in [1.54, 1.807) is 33.5 Å². The molecule has 0 heterocycles. The molecule has 0 radical (unpaired) electrons. The summed E-state index contributed by atoms with van der Waals surface area (Å²) in [6.45, 7) is -0.0495. The highest BCUT2D eigenvalue weighted by Crippen LogP contribution is 2.34. The largest absolute Gasteiger partial charge is 0.496 e. The SMILES string of the molecule is COc1cc(OC)c(CCOCC(=O)O)c(OC)c1. The number of hydrogen-bond donors (Lipinski definition) is 1. The van der Waals surface area contributed by atoms with Crippen molar-refractivity contribution in [1.82, 2.24) is 0 Å². The monoisotopic (exact) mass is 270 g/mol. The highest BCUT2D eigenvalue weighted by molar-refractivity contribution is 5.68. The highest BCUT2D eigenvalue weighted by atomic mass is 16.5. The highest BCUT2D eigenvalue weighted by Gasteiger charge is 2.13. The fourth-order valence-electron chi connectivity index (χ4n) is 1.66. The summed E-state index contributed by atoms with van der Waals surface area (Å²) in [5, 5.41) is 8.49. The van der Waals surface area contributed by atoms with Gasteiger partial charge >= 0.3 is 5.97 Å². The minimum absolute atomic E-state index is 0.269. The number of aliphatic carboxylic acids is 1. The Balaban J connectivity index is 2.82. The van der Waals surface area contributed by atoms with Crippen molar-refractivity contribution in [2.75, 3.05) is 34.5 Å². The first-order chi connectivity index (χ1) is 9.12. The van der Waals surface area contributed by atoms with Gasteiger partial charge in [-0.2, -0.15) is 0 Å². The van der Waals surface area contributed by atoms with Crippen molar-refractivity contribution in [3.05, 3.63) is 17.7 Å². The van der Waals surface area contributed by atoms with Gasteiger partial charge in [0.2, 0.25) is 0 Å². The predicted molar refractivity (Wildman–Crippen MR) is 68.3 cm³/mol. The first kappa shape index (κ1) is 15.1. The third-order valence-corrected chi connectivity index (χ3v) is 2.54. The smallest absolute Gasteiger partial charge is 0.329 e. The second kappa shape index (κ2) is 7.48. The second-order valence-electron chi connectivity index (χ2n) is 3.71. The van der Waals surface area contributed by atoms with E-state index in [0.717, 1.165) is 5.56 Å². The van der Waals surface area contributed by atoms with Crippen molar-refractivity contribution >= 4 is 5.97 Å². The van der Waals surface area contributed by atoms with E-state index < -0.39 is 5.97 Å². The van der Waals surface area contributed by atoms with Gasteiger partial charge in [-0.3, -0.25) is 0 Å². The van der Waals surface area contributed by atoms with E-state index in [4.69, 9.17) is 24.1 Å². The number of methoxy groups -OCH3 is 3. The van der Waals surface area contributed by atoms with Crippen molar-refractivity contribution < 1.29 is 28.8 Å². The van der Waals surface area contributed by atoms with Gasteiger partial charge in [-0.05, 0) is 0 Å². The van der Waals surface area contributed by atoms with Crippen LogP contribution < -0.4 is 14.2 Å². The average Bonchev–Trinajstić information content (AvgIpc) is 2.42. The van der Waals surface area contributed by atoms with Gasteiger partial charge in [0.15, 0.2) is 0 Å². The quantitative estimate of drug-likeness (QED) is 0.719. The summed E-state index contributed by atoms with van der Waals surface area (Å²) in [7, 11) is 4.66. The van der Waals surface area contributed by atoms with E-state index in [1.807, 2.05) is 0 Å². The molecule has 0 aliphatic heterocycles. The van der Waals surface area contributed by atoms with Crippen LogP contribution in [-0.4, -0.2) is 45.6 Å². The lowest BCUT2D eigenvalue weighted by atomic mass is 10.1. The predicted octanol–water partition coefficient (Wildman–Crippen LogP) is 1.36. The summed E-state index contributed by atoms with van der Waals surface area (Å²) < 4.78 is 20.7. The Bertz CT molecular complexity index is 404. The zero-order chi connectivity index (χ0) is 14.3. The van der Waals surface area contributed by atoms with Crippen LogP contribution in [0.15, 0.2) is 12.1 Å². The summed E-state index contributed by atoms with van der Waals surface area (Å²) >= 11 is 0. The molecular weight excluding hydrogens is 252 g/mol. The summed E-state index contributed by atoms with van der Waals surface area (Å²) in [5.41, 5.74) is 0.816. The average molecular weight is 270 g/mol. The van der Waals surface area contributed by atoms with Crippen molar-refractivity contribution in [3.8, 4) is 17.2 Å². The summed E-state index contributed by atoms with van der Waals surface area (Å²) in [5.74, 6) is 0.878. The van der Waals surface area contributed by atoms with Gasteiger partial charge in [-0.1, -0.05) is 0 Å². The van der Waals surface area contributed by atoms with E-state index in [1.165, 1.54) is 0 Å². The molecule has 0 aliphatic carbocycles. The Morgan fingerprint density at radius 1 is 1.11 bits per heavy atom. The van der Waals surface area contributed by atoms with Gasteiger partial charge in [0.1, 0.15) is 23.9 Å². The van der Waals surface area contributed by atoms with Gasteiger partial charge in [-0.15, -0.1) is 0 Å². The maximum absolute atomic E-state index is 10.3. The van der Waals surface area contributed by atoms with Crippen LogP contribution >= 0.6 is 0 Å². The zero-order valence-electron chi connectivity index (χ0n) is 11.3. The lowest BCUT2D eigenvalue weighted by Crippen LogP contribution is -2.10. The number of hydrogen-bond acceptors (Lipinski definition) is 5. The molecule has 1 aromatic carbocycles. The number of carboxylic acid groups (broad SMARTS) is 1. The molecule has 6 heteroatoms. The van der Waals surface area contributed by atoms with Crippen LogP contribution in [0.4, 0.5) is 0 Å². The fourth-order valence-corrected chi connectivity index (χ4v) is 1.66. The third-order valence-electron chi connectivity index (χ3n) is 2.54. The molecule has 0 atom stereocenters. The van der Waals surface area contributed by atoms with Crippen LogP contribution in [0.25, 0.3) is 0 Å². The van der Waals surface area contributed by atoms with Crippen LogP contribution in [0.3, 0.4) is 0 Å². The summed E-state index contributed by atoms with van der Waals surface area (Å²) in [6, 6.07) is 3.49. The Morgan fingerprint density at radius 3 is 2.11 bits per heavy atom. The van der Waals surface area contributed by atoms with Crippen LogP contribution in [0.5, 0.6) is 17.2 Å². The molecule has 1 N–H and O–H groups in total. The number of benzene rings is 1. The Labute approximate surface area is 111 Å². The lowest BCUT2D eigenvalue weighted by Gasteiger charge is -2.14. The molecule has 0 spiro atoms. The van der Waals surface area contributed by atoms with Crippen LogP contribution in [-0.2, 0) is 16.0 Å². The van der Waals surface area contributed by atoms with E-state index in [2.05, 4.69) is 0 Å². The van der Waals surface area contributed by atoms with Crippen molar-refractivity contribution in [2.24, 2.45) is 0 Å². The Kier molecular flexibility index (Phi) is 5.95. The van der Waals surface area contributed by atoms with Gasteiger partial charge in [0.25, 0.3) is 0 Å². The first-order valence-corrected chi connectivity index (χ1v) is 5.70. The molecule has 1 aromatic rings. The molecule has 1 rings (SSSR count). The Morgan fingerprint density at radius 2 is 1.68 bits per heavy atom. The van der Waals surface area contributed by atoms with E-state index in [-0.39, 0.29) is 13.2 Å². The molecule has 0 amide bonds. The van der Waals surface area contributed by atoms with Crippen LogP contribution in [0, 0.1) is 0 Å². The molecule has 106 valence electrons. The minimum atomic E-state index is -0.992. The maximum atomic E-state index is 10.3. The molecule has 19 heavy (non-hydrogen) atoms. The molecule has 0 unspecified atom stereocenters. The van der Waals surface area contributed by atoms with Gasteiger partial charge < -0.3 is 24.1 Å². The lowest BCUT2D eigenvalue weighted by molar-refractivity contribution is -0.142. The number of rotatable bonds is 8. The fraction of sp³-hybridized carbons (Fsp3) is 0.462. The second-order valence-corrected chi connectivity index (χ2v) is 3.71. The number of carboxylic acids is 1. The van der Waals surface area contributed by atoms with E-state index in [0.29, 0.717) is 23.7 Å². The van der Waals surface area contributed by atoms with Gasteiger partial charge in [0, 0.05) is 24.1 Å². The molecule has 0 saturated heterocycles. The van der Waals surface area contributed by atoms with Crippen molar-refractivity contribution in [2.45, 2.75) is 6.42 Å². The molecule has 0 aromatic heterocycles. The minimum Gasteiger partial charge on any atom is -0.496 e. The summed E-state index contributed by atoms with van der Waals surface area (Å²) in [6.07, 6.45) is 0.490.